The van der Waals surface area contributed by atoms with Crippen LogP contribution in [0, 0.1) is 0 Å². The highest BCUT2D eigenvalue weighted by Crippen LogP contribution is 2.52. The Balaban J connectivity index is 2.40. The SMILES string of the molecule is COc1ccc(CN(C)C)cc1C1(N=C=O)CC1. The van der Waals surface area contributed by atoms with Gasteiger partial charge in [-0.2, -0.15) is 4.99 Å². The van der Waals surface area contributed by atoms with Crippen molar-refractivity contribution in [1.29, 1.82) is 0 Å². The molecule has 0 bridgehead atoms. The van der Waals surface area contributed by atoms with Gasteiger partial charge in [-0.05, 0) is 44.6 Å². The molecular formula is C14H18N2O2. The molecule has 1 aliphatic carbocycles. The number of hydrogen-bond acceptors (Lipinski definition) is 4. The molecule has 0 N–H and O–H groups in total. The number of isocyanates is 1. The Morgan fingerprint density at radius 3 is 2.67 bits per heavy atom. The summed E-state index contributed by atoms with van der Waals surface area (Å²) in [5, 5.41) is 0. The summed E-state index contributed by atoms with van der Waals surface area (Å²) < 4.78 is 5.37. The summed E-state index contributed by atoms with van der Waals surface area (Å²) in [4.78, 5) is 16.6. The number of methoxy groups -OCH3 is 1. The number of ether oxygens (including phenoxy) is 1. The minimum absolute atomic E-state index is 0.380. The van der Waals surface area contributed by atoms with E-state index in [1.807, 2.05) is 26.2 Å². The van der Waals surface area contributed by atoms with E-state index in [1.165, 1.54) is 5.56 Å². The molecule has 1 fully saturated rings. The van der Waals surface area contributed by atoms with E-state index < -0.39 is 0 Å². The fourth-order valence-electron chi connectivity index (χ4n) is 2.23. The monoisotopic (exact) mass is 246 g/mol. The third-order valence-corrected chi connectivity index (χ3v) is 3.25. The lowest BCUT2D eigenvalue weighted by Crippen LogP contribution is -2.12. The van der Waals surface area contributed by atoms with Crippen molar-refractivity contribution in [2.24, 2.45) is 4.99 Å². The number of carbonyl (C=O) groups excluding carboxylic acids is 1. The van der Waals surface area contributed by atoms with E-state index in [-0.39, 0.29) is 5.54 Å². The van der Waals surface area contributed by atoms with E-state index in [2.05, 4.69) is 16.0 Å². The molecule has 0 amide bonds. The average Bonchev–Trinajstić information content (AvgIpc) is 3.10. The predicted molar refractivity (Wildman–Crippen MR) is 69.4 cm³/mol. The summed E-state index contributed by atoms with van der Waals surface area (Å²) in [5.41, 5.74) is 1.82. The van der Waals surface area contributed by atoms with Crippen LogP contribution in [-0.2, 0) is 16.9 Å². The second-order valence-corrected chi connectivity index (χ2v) is 5.01. The number of rotatable bonds is 5. The van der Waals surface area contributed by atoms with E-state index >= 15 is 0 Å². The fourth-order valence-corrected chi connectivity index (χ4v) is 2.23. The minimum atomic E-state index is -0.380. The van der Waals surface area contributed by atoms with Crippen LogP contribution in [0.25, 0.3) is 0 Å². The molecule has 18 heavy (non-hydrogen) atoms. The average molecular weight is 246 g/mol. The Morgan fingerprint density at radius 1 is 1.44 bits per heavy atom. The van der Waals surface area contributed by atoms with Crippen molar-refractivity contribution in [3.63, 3.8) is 0 Å². The smallest absolute Gasteiger partial charge is 0.235 e. The van der Waals surface area contributed by atoms with Gasteiger partial charge >= 0.3 is 0 Å². The molecule has 0 radical (unpaired) electrons. The molecule has 0 heterocycles. The standard InChI is InChI=1S/C14H18N2O2/c1-16(2)9-11-4-5-13(18-3)12(8-11)14(6-7-14)15-10-17/h4-5,8H,6-7,9H2,1-3H3. The molecule has 1 saturated carbocycles. The molecule has 96 valence electrons. The van der Waals surface area contributed by atoms with E-state index in [0.717, 1.165) is 30.7 Å². The first-order valence-electron chi connectivity index (χ1n) is 6.02. The molecule has 0 unspecified atom stereocenters. The Kier molecular flexibility index (Phi) is 3.50. The highest BCUT2D eigenvalue weighted by Gasteiger charge is 2.46. The summed E-state index contributed by atoms with van der Waals surface area (Å²) >= 11 is 0. The van der Waals surface area contributed by atoms with Crippen molar-refractivity contribution in [2.45, 2.75) is 24.9 Å². The van der Waals surface area contributed by atoms with Gasteiger partial charge in [-0.1, -0.05) is 6.07 Å². The van der Waals surface area contributed by atoms with Crippen LogP contribution in [-0.4, -0.2) is 32.2 Å². The molecule has 4 heteroatoms. The third-order valence-electron chi connectivity index (χ3n) is 3.25. The lowest BCUT2D eigenvalue weighted by atomic mass is 10.0. The number of aliphatic imine (C=N–C) groups is 1. The molecular weight excluding hydrogens is 228 g/mol. The summed E-state index contributed by atoms with van der Waals surface area (Å²) in [6.45, 7) is 0.859. The maximum Gasteiger partial charge on any atom is 0.235 e. The maximum absolute atomic E-state index is 10.6. The van der Waals surface area contributed by atoms with Crippen LogP contribution < -0.4 is 4.74 Å². The van der Waals surface area contributed by atoms with E-state index in [0.29, 0.717) is 0 Å². The number of nitrogens with zero attached hydrogens (tertiary/aromatic N) is 2. The molecule has 0 saturated heterocycles. The molecule has 1 aliphatic rings. The molecule has 1 aromatic carbocycles. The van der Waals surface area contributed by atoms with Crippen LogP contribution in [0.2, 0.25) is 0 Å². The molecule has 0 aliphatic heterocycles. The molecule has 0 atom stereocenters. The molecule has 0 spiro atoms. The van der Waals surface area contributed by atoms with Gasteiger partial charge in [0.1, 0.15) is 11.3 Å². The molecule has 0 aromatic heterocycles. The molecule has 2 rings (SSSR count). The van der Waals surface area contributed by atoms with Gasteiger partial charge in [0, 0.05) is 12.1 Å². The van der Waals surface area contributed by atoms with Crippen LogP contribution in [0.1, 0.15) is 24.0 Å². The van der Waals surface area contributed by atoms with Gasteiger partial charge in [0.25, 0.3) is 0 Å². The van der Waals surface area contributed by atoms with Crippen LogP contribution in [0.15, 0.2) is 23.2 Å². The van der Waals surface area contributed by atoms with Crippen LogP contribution in [0.4, 0.5) is 0 Å². The summed E-state index contributed by atoms with van der Waals surface area (Å²) in [5.74, 6) is 0.800. The third kappa shape index (κ3) is 2.45. The highest BCUT2D eigenvalue weighted by molar-refractivity contribution is 5.48. The Labute approximate surface area is 107 Å². The lowest BCUT2D eigenvalue weighted by Gasteiger charge is -2.16. The first kappa shape index (κ1) is 12.8. The van der Waals surface area contributed by atoms with E-state index in [4.69, 9.17) is 4.74 Å². The van der Waals surface area contributed by atoms with E-state index in [9.17, 15) is 4.79 Å². The summed E-state index contributed by atoms with van der Waals surface area (Å²) in [6, 6.07) is 6.09. The highest BCUT2D eigenvalue weighted by atomic mass is 16.5. The summed E-state index contributed by atoms with van der Waals surface area (Å²) in [6.07, 6.45) is 3.48. The van der Waals surface area contributed by atoms with Crippen molar-refractivity contribution in [3.05, 3.63) is 29.3 Å². The minimum Gasteiger partial charge on any atom is -0.496 e. The maximum atomic E-state index is 10.6. The van der Waals surface area contributed by atoms with Gasteiger partial charge in [-0.15, -0.1) is 0 Å². The Hall–Kier alpha value is -1.64. The van der Waals surface area contributed by atoms with Crippen molar-refractivity contribution < 1.29 is 9.53 Å². The van der Waals surface area contributed by atoms with Crippen LogP contribution in [0.3, 0.4) is 0 Å². The summed E-state index contributed by atoms with van der Waals surface area (Å²) in [7, 11) is 5.70. The topological polar surface area (TPSA) is 41.9 Å². The van der Waals surface area contributed by atoms with Crippen molar-refractivity contribution in [3.8, 4) is 5.75 Å². The zero-order chi connectivity index (χ0) is 13.2. The second kappa shape index (κ2) is 4.92. The first-order valence-corrected chi connectivity index (χ1v) is 6.02. The van der Waals surface area contributed by atoms with Gasteiger partial charge in [-0.3, -0.25) is 0 Å². The fraction of sp³-hybridized carbons (Fsp3) is 0.500. The number of benzene rings is 1. The van der Waals surface area contributed by atoms with Gasteiger partial charge in [0.15, 0.2) is 0 Å². The van der Waals surface area contributed by atoms with Crippen molar-refractivity contribution in [2.75, 3.05) is 21.2 Å². The van der Waals surface area contributed by atoms with Gasteiger partial charge in [0.05, 0.1) is 7.11 Å². The predicted octanol–water partition coefficient (Wildman–Crippen LogP) is 2.08. The zero-order valence-electron chi connectivity index (χ0n) is 11.1. The van der Waals surface area contributed by atoms with Gasteiger partial charge < -0.3 is 9.64 Å². The molecule has 4 nitrogen and oxygen atoms in total. The lowest BCUT2D eigenvalue weighted by molar-refractivity contribution is 0.395. The first-order chi connectivity index (χ1) is 8.61. The quantitative estimate of drug-likeness (QED) is 0.590. The van der Waals surface area contributed by atoms with Crippen LogP contribution in [0.5, 0.6) is 5.75 Å². The second-order valence-electron chi connectivity index (χ2n) is 5.01. The van der Waals surface area contributed by atoms with Gasteiger partial charge in [0.2, 0.25) is 6.08 Å². The number of hydrogen-bond donors (Lipinski definition) is 0. The van der Waals surface area contributed by atoms with E-state index in [1.54, 1.807) is 13.2 Å². The Morgan fingerprint density at radius 2 is 2.17 bits per heavy atom. The zero-order valence-corrected chi connectivity index (χ0v) is 11.1. The van der Waals surface area contributed by atoms with Crippen LogP contribution >= 0.6 is 0 Å². The van der Waals surface area contributed by atoms with Crippen molar-refractivity contribution in [1.82, 2.24) is 4.90 Å². The van der Waals surface area contributed by atoms with Gasteiger partial charge in [-0.25, -0.2) is 4.79 Å². The normalized spacial score (nSPS) is 16.2. The Bertz CT molecular complexity index is 487. The largest absolute Gasteiger partial charge is 0.496 e. The van der Waals surface area contributed by atoms with Crippen molar-refractivity contribution >= 4 is 6.08 Å². The molecule has 1 aromatic rings.